The Morgan fingerprint density at radius 3 is 2.55 bits per heavy atom. The van der Waals surface area contributed by atoms with Crippen LogP contribution in [0.5, 0.6) is 0 Å². The minimum absolute atomic E-state index is 0.352. The topological polar surface area (TPSA) is 75.3 Å². The van der Waals surface area contributed by atoms with Crippen LogP contribution in [0.3, 0.4) is 0 Å². The lowest BCUT2D eigenvalue weighted by molar-refractivity contribution is 0.0999. The zero-order valence-corrected chi connectivity index (χ0v) is 20.1. The average molecular weight is 446 g/mol. The summed E-state index contributed by atoms with van der Waals surface area (Å²) in [5, 5.41) is 1.12. The van der Waals surface area contributed by atoms with Gasteiger partial charge in [0.15, 0.2) is 0 Å². The van der Waals surface area contributed by atoms with Crippen molar-refractivity contribution in [1.29, 1.82) is 0 Å². The van der Waals surface area contributed by atoms with Gasteiger partial charge >= 0.3 is 0 Å². The fourth-order valence-corrected chi connectivity index (χ4v) is 4.35. The van der Waals surface area contributed by atoms with Gasteiger partial charge < -0.3 is 15.5 Å². The molecular formula is C27H35N5O. The van der Waals surface area contributed by atoms with Crippen molar-refractivity contribution >= 4 is 28.3 Å². The number of aryl methyl sites for hydroxylation is 1. The summed E-state index contributed by atoms with van der Waals surface area (Å²) >= 11 is 0. The van der Waals surface area contributed by atoms with Gasteiger partial charge in [-0.2, -0.15) is 0 Å². The highest BCUT2D eigenvalue weighted by Crippen LogP contribution is 2.40. The summed E-state index contributed by atoms with van der Waals surface area (Å²) < 4.78 is 0. The molecule has 0 aliphatic heterocycles. The third-order valence-corrected chi connectivity index (χ3v) is 6.34. The Balaban J connectivity index is 1.56. The maximum atomic E-state index is 11.7. The Hall–Kier alpha value is -3.15. The highest BCUT2D eigenvalue weighted by Gasteiger charge is 2.28. The van der Waals surface area contributed by atoms with Crippen molar-refractivity contribution in [3.8, 4) is 0 Å². The van der Waals surface area contributed by atoms with Gasteiger partial charge in [-0.1, -0.05) is 25.1 Å². The fraction of sp³-hybridized carbons (Fsp3) is 0.444. The van der Waals surface area contributed by atoms with Crippen molar-refractivity contribution in [3.63, 3.8) is 0 Å². The van der Waals surface area contributed by atoms with Gasteiger partial charge in [-0.05, 0) is 68.4 Å². The molecule has 4 rings (SSSR count). The normalized spacial score (nSPS) is 13.3. The molecule has 2 N–H and O–H groups in total. The molecule has 1 aliphatic rings. The van der Waals surface area contributed by atoms with Gasteiger partial charge in [-0.25, -0.2) is 9.97 Å². The molecular weight excluding hydrogens is 410 g/mol. The lowest BCUT2D eigenvalue weighted by atomic mass is 10.0. The number of unbranched alkanes of at least 4 members (excludes halogenated alkanes) is 1. The molecule has 1 saturated carbocycles. The molecule has 33 heavy (non-hydrogen) atoms. The van der Waals surface area contributed by atoms with Crippen molar-refractivity contribution in [1.82, 2.24) is 9.97 Å². The van der Waals surface area contributed by atoms with E-state index >= 15 is 0 Å². The molecule has 0 bridgehead atoms. The molecule has 3 aromatic rings. The number of nitrogens with zero attached hydrogens (tertiary/aromatic N) is 4. The number of carbonyl (C=O) groups excluding carboxylic acids is 1. The minimum Gasteiger partial charge on any atom is -0.378 e. The summed E-state index contributed by atoms with van der Waals surface area (Å²) in [4.78, 5) is 26.3. The summed E-state index contributed by atoms with van der Waals surface area (Å²) in [5.41, 5.74) is 9.41. The van der Waals surface area contributed by atoms with Gasteiger partial charge in [-0.15, -0.1) is 0 Å². The largest absolute Gasteiger partial charge is 0.378 e. The van der Waals surface area contributed by atoms with Crippen LogP contribution in [0.2, 0.25) is 0 Å². The van der Waals surface area contributed by atoms with E-state index in [0.717, 1.165) is 72.6 Å². The van der Waals surface area contributed by atoms with E-state index in [0.29, 0.717) is 11.5 Å². The van der Waals surface area contributed by atoms with Gasteiger partial charge in [0.25, 0.3) is 0 Å². The van der Waals surface area contributed by atoms with Crippen molar-refractivity contribution < 1.29 is 4.79 Å². The molecule has 0 spiro atoms. The molecule has 6 heteroatoms. The van der Waals surface area contributed by atoms with Gasteiger partial charge in [0.1, 0.15) is 11.6 Å². The van der Waals surface area contributed by atoms with E-state index in [1.54, 1.807) is 0 Å². The zero-order valence-electron chi connectivity index (χ0n) is 20.1. The molecule has 1 heterocycles. The molecule has 6 nitrogen and oxygen atoms in total. The molecule has 1 aromatic heterocycles. The highest BCUT2D eigenvalue weighted by molar-refractivity contribution is 5.94. The molecule has 174 valence electrons. The summed E-state index contributed by atoms with van der Waals surface area (Å²) in [6, 6.07) is 14.1. The van der Waals surface area contributed by atoms with Crippen LogP contribution in [-0.4, -0.2) is 43.1 Å². The molecule has 0 atom stereocenters. The van der Waals surface area contributed by atoms with E-state index < -0.39 is 0 Å². The van der Waals surface area contributed by atoms with E-state index in [4.69, 9.17) is 15.7 Å². The van der Waals surface area contributed by atoms with Crippen molar-refractivity contribution in [2.24, 2.45) is 5.73 Å². The lowest BCUT2D eigenvalue weighted by Gasteiger charge is -2.26. The molecule has 0 saturated heterocycles. The van der Waals surface area contributed by atoms with Gasteiger partial charge in [0.05, 0.1) is 5.52 Å². The molecule has 1 amide bonds. The summed E-state index contributed by atoms with van der Waals surface area (Å²) in [5.74, 6) is 2.21. The van der Waals surface area contributed by atoms with Crippen LogP contribution in [-0.2, 0) is 6.42 Å². The molecule has 2 aromatic carbocycles. The number of hydrogen-bond donors (Lipinski definition) is 1. The third-order valence-electron chi connectivity index (χ3n) is 6.34. The second kappa shape index (κ2) is 10.2. The van der Waals surface area contributed by atoms with Gasteiger partial charge in [0, 0.05) is 49.7 Å². The molecule has 0 radical (unpaired) electrons. The predicted molar refractivity (Wildman–Crippen MR) is 136 cm³/mol. The van der Waals surface area contributed by atoms with E-state index in [2.05, 4.69) is 49.0 Å². The van der Waals surface area contributed by atoms with E-state index in [1.807, 2.05) is 24.3 Å². The van der Waals surface area contributed by atoms with Gasteiger partial charge in [0.2, 0.25) is 5.91 Å². The van der Waals surface area contributed by atoms with Crippen LogP contribution in [0.4, 0.5) is 11.5 Å². The molecule has 0 unspecified atom stereocenters. The van der Waals surface area contributed by atoms with E-state index in [1.165, 1.54) is 12.8 Å². The standard InChI is InChI=1S/C27H35N5O/c1-4-16-32(17-8-7-10-19-9-5-6-11-22(19)25(28)33)27-23-18-21(31(2)3)14-15-24(23)29-26(30-27)20-12-13-20/h5-6,9,11,14-15,18,20H,4,7-8,10,12-13,16-17H2,1-3H3,(H2,28,33). The highest BCUT2D eigenvalue weighted by atomic mass is 16.1. The van der Waals surface area contributed by atoms with Crippen LogP contribution >= 0.6 is 0 Å². The summed E-state index contributed by atoms with van der Waals surface area (Å²) in [6.45, 7) is 4.10. The van der Waals surface area contributed by atoms with Crippen LogP contribution in [0.15, 0.2) is 42.5 Å². The second-order valence-corrected chi connectivity index (χ2v) is 9.24. The maximum absolute atomic E-state index is 11.7. The number of primary amides is 1. The Kier molecular flexibility index (Phi) is 7.11. The predicted octanol–water partition coefficient (Wildman–Crippen LogP) is 4.91. The molecule has 1 aliphatic carbocycles. The zero-order chi connectivity index (χ0) is 23.4. The smallest absolute Gasteiger partial charge is 0.248 e. The number of nitrogens with two attached hydrogens (primary N) is 1. The first kappa shape index (κ1) is 23.0. The number of aromatic nitrogens is 2. The number of benzene rings is 2. The quantitative estimate of drug-likeness (QED) is 0.424. The van der Waals surface area contributed by atoms with E-state index in [9.17, 15) is 4.79 Å². The lowest BCUT2D eigenvalue weighted by Crippen LogP contribution is -2.27. The third kappa shape index (κ3) is 5.44. The summed E-state index contributed by atoms with van der Waals surface area (Å²) in [6.07, 6.45) is 6.29. The van der Waals surface area contributed by atoms with Crippen molar-refractivity contribution in [3.05, 3.63) is 59.4 Å². The Bertz CT molecular complexity index is 1120. The number of anilines is 2. The Labute approximate surface area is 196 Å². The number of carbonyl (C=O) groups is 1. The minimum atomic E-state index is -0.352. The molecule has 1 fully saturated rings. The maximum Gasteiger partial charge on any atom is 0.248 e. The first-order chi connectivity index (χ1) is 16.0. The van der Waals surface area contributed by atoms with Crippen molar-refractivity contribution in [2.75, 3.05) is 37.0 Å². The fourth-order valence-electron chi connectivity index (χ4n) is 4.35. The number of fused-ring (bicyclic) bond motifs is 1. The summed E-state index contributed by atoms with van der Waals surface area (Å²) in [7, 11) is 4.13. The van der Waals surface area contributed by atoms with Crippen LogP contribution in [0, 0.1) is 0 Å². The number of hydrogen-bond acceptors (Lipinski definition) is 5. The van der Waals surface area contributed by atoms with Crippen LogP contribution < -0.4 is 15.5 Å². The Morgan fingerprint density at radius 2 is 1.85 bits per heavy atom. The van der Waals surface area contributed by atoms with Crippen LogP contribution in [0.25, 0.3) is 10.9 Å². The average Bonchev–Trinajstić information content (AvgIpc) is 3.66. The monoisotopic (exact) mass is 445 g/mol. The first-order valence-corrected chi connectivity index (χ1v) is 12.1. The van der Waals surface area contributed by atoms with E-state index in [-0.39, 0.29) is 5.91 Å². The Morgan fingerprint density at radius 1 is 1.06 bits per heavy atom. The van der Waals surface area contributed by atoms with Crippen molar-refractivity contribution in [2.45, 2.75) is 51.4 Å². The number of rotatable bonds is 11. The SMILES string of the molecule is CCCN(CCCCc1ccccc1C(N)=O)c1nc(C2CC2)nc2ccc(N(C)C)cc12. The number of amides is 1. The second-order valence-electron chi connectivity index (χ2n) is 9.24. The van der Waals surface area contributed by atoms with Crippen LogP contribution in [0.1, 0.15) is 66.7 Å². The first-order valence-electron chi connectivity index (χ1n) is 12.1. The van der Waals surface area contributed by atoms with Gasteiger partial charge in [-0.3, -0.25) is 4.79 Å².